The summed E-state index contributed by atoms with van der Waals surface area (Å²) in [6.45, 7) is 7.23. The minimum absolute atomic E-state index is 0.0476. The standard InChI is InChI=1S/C13H20O4/c1-8(14)5-6-13-11(2,3)7-9(15)10(16)12(13,4)17-13/h5-6,9-10,15-16H,7H2,1-4H3/b6-5+/t9-,10-,12+,13-/m1/s1. The number of rotatable bonds is 2. The summed E-state index contributed by atoms with van der Waals surface area (Å²) in [5.41, 5.74) is -1.75. The largest absolute Gasteiger partial charge is 0.390 e. The Kier molecular flexibility index (Phi) is 2.55. The Morgan fingerprint density at radius 3 is 2.47 bits per heavy atom. The van der Waals surface area contributed by atoms with Crippen molar-refractivity contribution in [2.45, 2.75) is 57.5 Å². The summed E-state index contributed by atoms with van der Waals surface area (Å²) in [5.74, 6) is -0.0476. The lowest BCUT2D eigenvalue weighted by atomic mass is 9.62. The molecule has 0 radical (unpaired) electrons. The Labute approximate surface area is 101 Å². The third-order valence-electron chi connectivity index (χ3n) is 4.28. The Morgan fingerprint density at radius 1 is 1.35 bits per heavy atom. The maximum absolute atomic E-state index is 11.1. The molecule has 2 N–H and O–H groups in total. The molecule has 2 aliphatic rings. The van der Waals surface area contributed by atoms with Gasteiger partial charge in [0, 0.05) is 5.41 Å². The van der Waals surface area contributed by atoms with Crippen molar-refractivity contribution in [3.05, 3.63) is 12.2 Å². The molecule has 0 unspecified atom stereocenters. The molecule has 2 fully saturated rings. The van der Waals surface area contributed by atoms with Crippen LogP contribution in [0.3, 0.4) is 0 Å². The summed E-state index contributed by atoms with van der Waals surface area (Å²) >= 11 is 0. The Balaban J connectivity index is 2.38. The zero-order chi connectivity index (χ0) is 13.1. The molecule has 0 amide bonds. The molecule has 1 saturated carbocycles. The first-order chi connectivity index (χ1) is 7.66. The molecule has 2 rings (SSSR count). The molecule has 1 aliphatic heterocycles. The van der Waals surface area contributed by atoms with Gasteiger partial charge in [-0.3, -0.25) is 4.79 Å². The van der Waals surface area contributed by atoms with Crippen LogP contribution in [0.15, 0.2) is 12.2 Å². The number of aliphatic hydroxyl groups excluding tert-OH is 2. The molecule has 96 valence electrons. The number of hydrogen-bond donors (Lipinski definition) is 2. The van der Waals surface area contributed by atoms with Crippen LogP contribution in [0.5, 0.6) is 0 Å². The van der Waals surface area contributed by atoms with Gasteiger partial charge in [0.15, 0.2) is 5.78 Å². The highest BCUT2D eigenvalue weighted by Gasteiger charge is 2.78. The topological polar surface area (TPSA) is 70.1 Å². The van der Waals surface area contributed by atoms with Crippen LogP contribution in [0, 0.1) is 5.41 Å². The minimum Gasteiger partial charge on any atom is -0.390 e. The molecule has 1 aliphatic carbocycles. The molecule has 4 heteroatoms. The van der Waals surface area contributed by atoms with Crippen LogP contribution in [-0.2, 0) is 9.53 Å². The predicted molar refractivity (Wildman–Crippen MR) is 62.5 cm³/mol. The van der Waals surface area contributed by atoms with Crippen LogP contribution in [-0.4, -0.2) is 39.4 Å². The van der Waals surface area contributed by atoms with Gasteiger partial charge < -0.3 is 14.9 Å². The van der Waals surface area contributed by atoms with Gasteiger partial charge in [0.05, 0.1) is 6.10 Å². The monoisotopic (exact) mass is 240 g/mol. The zero-order valence-corrected chi connectivity index (χ0v) is 10.7. The number of ether oxygens (including phenoxy) is 1. The van der Waals surface area contributed by atoms with Crippen molar-refractivity contribution in [1.29, 1.82) is 0 Å². The fourth-order valence-corrected chi connectivity index (χ4v) is 3.21. The summed E-state index contributed by atoms with van der Waals surface area (Å²) in [4.78, 5) is 11.1. The van der Waals surface area contributed by atoms with Crippen LogP contribution in [0.2, 0.25) is 0 Å². The number of carbonyl (C=O) groups excluding carboxylic acids is 1. The van der Waals surface area contributed by atoms with Gasteiger partial charge in [-0.1, -0.05) is 13.8 Å². The molecule has 0 aromatic carbocycles. The number of hydrogen-bond acceptors (Lipinski definition) is 4. The van der Waals surface area contributed by atoms with Gasteiger partial charge in [0.2, 0.25) is 0 Å². The van der Waals surface area contributed by atoms with E-state index in [2.05, 4.69) is 0 Å². The van der Waals surface area contributed by atoms with Gasteiger partial charge in [0.1, 0.15) is 17.3 Å². The van der Waals surface area contributed by atoms with Gasteiger partial charge in [-0.2, -0.15) is 0 Å². The second-order valence-corrected chi connectivity index (χ2v) is 5.99. The number of fused-ring (bicyclic) bond motifs is 1. The Bertz CT molecular complexity index is 387. The average Bonchev–Trinajstić information content (AvgIpc) is 2.82. The van der Waals surface area contributed by atoms with E-state index in [0.29, 0.717) is 6.42 Å². The molecule has 0 aromatic rings. The first kappa shape index (κ1) is 12.7. The van der Waals surface area contributed by atoms with E-state index < -0.39 is 23.4 Å². The number of carbonyl (C=O) groups is 1. The first-order valence-corrected chi connectivity index (χ1v) is 5.92. The van der Waals surface area contributed by atoms with Crippen LogP contribution < -0.4 is 0 Å². The molecule has 1 saturated heterocycles. The third-order valence-corrected chi connectivity index (χ3v) is 4.28. The van der Waals surface area contributed by atoms with E-state index in [1.165, 1.54) is 13.0 Å². The molecule has 17 heavy (non-hydrogen) atoms. The fraction of sp³-hybridized carbons (Fsp3) is 0.769. The van der Waals surface area contributed by atoms with E-state index in [9.17, 15) is 15.0 Å². The van der Waals surface area contributed by atoms with Gasteiger partial charge in [-0.25, -0.2) is 0 Å². The van der Waals surface area contributed by atoms with Crippen molar-refractivity contribution in [1.82, 2.24) is 0 Å². The lowest BCUT2D eigenvalue weighted by Crippen LogP contribution is -2.55. The van der Waals surface area contributed by atoms with Crippen molar-refractivity contribution in [2.24, 2.45) is 5.41 Å². The molecular formula is C13H20O4. The number of epoxide rings is 1. The summed E-state index contributed by atoms with van der Waals surface area (Å²) < 4.78 is 5.75. The second kappa shape index (κ2) is 3.40. The Morgan fingerprint density at radius 2 is 1.94 bits per heavy atom. The highest BCUT2D eigenvalue weighted by Crippen LogP contribution is 2.65. The molecule has 4 atom stereocenters. The van der Waals surface area contributed by atoms with Crippen LogP contribution >= 0.6 is 0 Å². The zero-order valence-electron chi connectivity index (χ0n) is 10.7. The summed E-state index contributed by atoms with van der Waals surface area (Å²) in [5, 5.41) is 19.9. The first-order valence-electron chi connectivity index (χ1n) is 5.92. The SMILES string of the molecule is CC(=O)/C=C/[C@]12O[C@@]1(C)[C@H](O)[C@H](O)CC2(C)C. The van der Waals surface area contributed by atoms with E-state index in [4.69, 9.17) is 4.74 Å². The highest BCUT2D eigenvalue weighted by molar-refractivity contribution is 5.87. The second-order valence-electron chi connectivity index (χ2n) is 5.99. The van der Waals surface area contributed by atoms with Crippen LogP contribution in [0.1, 0.15) is 34.1 Å². The third kappa shape index (κ3) is 1.51. The molecule has 1 heterocycles. The average molecular weight is 240 g/mol. The van der Waals surface area contributed by atoms with Gasteiger partial charge in [0.25, 0.3) is 0 Å². The van der Waals surface area contributed by atoms with E-state index in [0.717, 1.165) is 0 Å². The lowest BCUT2D eigenvalue weighted by Gasteiger charge is -2.41. The minimum atomic E-state index is -0.910. The molecule has 0 aromatic heterocycles. The summed E-state index contributed by atoms with van der Waals surface area (Å²) in [6.07, 6.45) is 1.98. The van der Waals surface area contributed by atoms with Crippen LogP contribution in [0.25, 0.3) is 0 Å². The lowest BCUT2D eigenvalue weighted by molar-refractivity contribution is -0.112. The molecule has 0 spiro atoms. The molecule has 0 bridgehead atoms. The van der Waals surface area contributed by atoms with E-state index in [-0.39, 0.29) is 11.2 Å². The van der Waals surface area contributed by atoms with Gasteiger partial charge in [-0.15, -0.1) is 0 Å². The van der Waals surface area contributed by atoms with Gasteiger partial charge in [-0.05, 0) is 32.4 Å². The van der Waals surface area contributed by atoms with Crippen molar-refractivity contribution in [2.75, 3.05) is 0 Å². The van der Waals surface area contributed by atoms with E-state index in [1.54, 1.807) is 13.0 Å². The number of aliphatic hydroxyl groups is 2. The van der Waals surface area contributed by atoms with Crippen molar-refractivity contribution < 1.29 is 19.7 Å². The molecular weight excluding hydrogens is 220 g/mol. The summed E-state index contributed by atoms with van der Waals surface area (Å²) in [7, 11) is 0. The number of allylic oxidation sites excluding steroid dienone is 1. The smallest absolute Gasteiger partial charge is 0.152 e. The van der Waals surface area contributed by atoms with E-state index >= 15 is 0 Å². The molecule has 4 nitrogen and oxygen atoms in total. The fourth-order valence-electron chi connectivity index (χ4n) is 3.21. The predicted octanol–water partition coefficient (Wildman–Crippen LogP) is 0.811. The van der Waals surface area contributed by atoms with Crippen LogP contribution in [0.4, 0.5) is 0 Å². The Hall–Kier alpha value is -0.710. The quantitative estimate of drug-likeness (QED) is 0.553. The highest BCUT2D eigenvalue weighted by atomic mass is 16.6. The normalized spacial score (nSPS) is 47.9. The number of ketones is 1. The van der Waals surface area contributed by atoms with Crippen molar-refractivity contribution in [3.63, 3.8) is 0 Å². The van der Waals surface area contributed by atoms with Crippen molar-refractivity contribution >= 4 is 5.78 Å². The van der Waals surface area contributed by atoms with E-state index in [1.807, 2.05) is 13.8 Å². The summed E-state index contributed by atoms with van der Waals surface area (Å²) in [6, 6.07) is 0. The maximum atomic E-state index is 11.1. The maximum Gasteiger partial charge on any atom is 0.152 e. The van der Waals surface area contributed by atoms with Crippen molar-refractivity contribution in [3.8, 4) is 0 Å². The van der Waals surface area contributed by atoms with Gasteiger partial charge >= 0.3 is 0 Å².